The summed E-state index contributed by atoms with van der Waals surface area (Å²) in [6.45, 7) is 8.58. The topological polar surface area (TPSA) is 74.5 Å². The molecule has 0 aromatic carbocycles. The number of hydrogen-bond acceptors (Lipinski definition) is 7. The first kappa shape index (κ1) is 16.7. The van der Waals surface area contributed by atoms with E-state index in [1.807, 2.05) is 25.7 Å². The fourth-order valence-electron chi connectivity index (χ4n) is 2.89. The van der Waals surface area contributed by atoms with E-state index in [4.69, 9.17) is 4.52 Å². The fraction of sp³-hybridized carbons (Fsp3) is 0.800. The third-order valence-corrected chi connectivity index (χ3v) is 5.35. The van der Waals surface area contributed by atoms with Crippen LogP contribution in [0.3, 0.4) is 0 Å². The number of piperazine rings is 1. The lowest BCUT2D eigenvalue weighted by Gasteiger charge is -2.30. The third kappa shape index (κ3) is 3.39. The molecule has 128 valence electrons. The number of thioether (sulfide) groups is 1. The molecule has 1 aromatic rings. The molecule has 23 heavy (non-hydrogen) atoms. The normalized spacial score (nSPS) is 26.7. The van der Waals surface area contributed by atoms with Gasteiger partial charge in [0.1, 0.15) is 6.04 Å². The van der Waals surface area contributed by atoms with Crippen LogP contribution in [0, 0.1) is 5.41 Å². The van der Waals surface area contributed by atoms with Crippen LogP contribution in [0.5, 0.6) is 0 Å². The number of hydrogen-bond donors (Lipinski definition) is 1. The highest BCUT2D eigenvalue weighted by molar-refractivity contribution is 7.99. The third-order valence-electron chi connectivity index (χ3n) is 4.34. The van der Waals surface area contributed by atoms with Gasteiger partial charge in [0.2, 0.25) is 11.8 Å². The van der Waals surface area contributed by atoms with Gasteiger partial charge in [-0.3, -0.25) is 9.69 Å². The molecule has 1 amide bonds. The monoisotopic (exact) mass is 339 g/mol. The van der Waals surface area contributed by atoms with Crippen LogP contribution in [0.1, 0.15) is 44.6 Å². The first-order valence-corrected chi connectivity index (χ1v) is 9.16. The molecule has 0 saturated carbocycles. The molecule has 0 bridgehead atoms. The molecule has 2 saturated heterocycles. The fourth-order valence-corrected chi connectivity index (χ4v) is 4.04. The van der Waals surface area contributed by atoms with E-state index < -0.39 is 5.41 Å². The first-order valence-electron chi connectivity index (χ1n) is 8.01. The van der Waals surface area contributed by atoms with Crippen molar-refractivity contribution in [3.8, 4) is 0 Å². The van der Waals surface area contributed by atoms with Gasteiger partial charge in [-0.05, 0) is 7.05 Å². The highest BCUT2D eigenvalue weighted by atomic mass is 32.2. The summed E-state index contributed by atoms with van der Waals surface area (Å²) in [6.07, 6.45) is 0. The van der Waals surface area contributed by atoms with Gasteiger partial charge in [0.15, 0.2) is 5.82 Å². The first-order chi connectivity index (χ1) is 10.9. The molecule has 0 radical (unpaired) electrons. The van der Waals surface area contributed by atoms with E-state index in [1.165, 1.54) is 0 Å². The molecular weight excluding hydrogens is 314 g/mol. The standard InChI is InChI=1S/C15H25N5O2S/c1-15(2,3)14(21)20-9-23-8-11(20)13-17-12(18-22-13)10-7-16-5-6-19(10)4/h10-11,16H,5-9H2,1-4H3. The van der Waals surface area contributed by atoms with Crippen LogP contribution >= 0.6 is 11.8 Å². The summed E-state index contributed by atoms with van der Waals surface area (Å²) in [7, 11) is 2.07. The van der Waals surface area contributed by atoms with Gasteiger partial charge in [-0.1, -0.05) is 25.9 Å². The molecule has 2 fully saturated rings. The minimum atomic E-state index is -0.403. The quantitative estimate of drug-likeness (QED) is 0.869. The van der Waals surface area contributed by atoms with E-state index in [0.29, 0.717) is 17.6 Å². The predicted molar refractivity (Wildman–Crippen MR) is 88.9 cm³/mol. The molecule has 3 heterocycles. The molecular formula is C15H25N5O2S. The van der Waals surface area contributed by atoms with E-state index in [-0.39, 0.29) is 18.0 Å². The average molecular weight is 339 g/mol. The Hall–Kier alpha value is -1.12. The molecule has 0 aliphatic carbocycles. The molecule has 2 aliphatic heterocycles. The molecule has 0 spiro atoms. The van der Waals surface area contributed by atoms with E-state index in [9.17, 15) is 4.79 Å². The number of nitrogens with one attached hydrogen (secondary N) is 1. The van der Waals surface area contributed by atoms with Gasteiger partial charge >= 0.3 is 0 Å². The maximum atomic E-state index is 12.6. The smallest absolute Gasteiger partial charge is 0.250 e. The molecule has 8 heteroatoms. The molecule has 2 unspecified atom stereocenters. The Morgan fingerprint density at radius 3 is 2.87 bits per heavy atom. The minimum Gasteiger partial charge on any atom is -0.337 e. The number of carbonyl (C=O) groups is 1. The van der Waals surface area contributed by atoms with Gasteiger partial charge in [-0.25, -0.2) is 0 Å². The van der Waals surface area contributed by atoms with Crippen LogP contribution in [-0.4, -0.2) is 64.2 Å². The van der Waals surface area contributed by atoms with Crippen molar-refractivity contribution in [1.29, 1.82) is 0 Å². The zero-order chi connectivity index (χ0) is 16.6. The molecule has 1 aromatic heterocycles. The van der Waals surface area contributed by atoms with Crippen molar-refractivity contribution < 1.29 is 9.32 Å². The lowest BCUT2D eigenvalue weighted by molar-refractivity contribution is -0.140. The van der Waals surface area contributed by atoms with Crippen molar-refractivity contribution in [2.24, 2.45) is 5.41 Å². The summed E-state index contributed by atoms with van der Waals surface area (Å²) in [4.78, 5) is 21.3. The Labute approximate surface area is 141 Å². The second kappa shape index (κ2) is 6.41. The second-order valence-corrected chi connectivity index (χ2v) is 8.23. The number of amides is 1. The van der Waals surface area contributed by atoms with Gasteiger partial charge in [-0.2, -0.15) is 4.98 Å². The summed E-state index contributed by atoms with van der Waals surface area (Å²) in [5.41, 5.74) is -0.403. The van der Waals surface area contributed by atoms with Crippen LogP contribution < -0.4 is 5.32 Å². The Morgan fingerprint density at radius 2 is 2.17 bits per heavy atom. The molecule has 3 rings (SSSR count). The average Bonchev–Trinajstić information content (AvgIpc) is 3.14. The summed E-state index contributed by atoms with van der Waals surface area (Å²) in [6, 6.07) is 0.0110. The van der Waals surface area contributed by atoms with Crippen molar-refractivity contribution in [2.45, 2.75) is 32.9 Å². The SMILES string of the molecule is CN1CCNCC1c1noc(C2CSCN2C(=O)C(C)(C)C)n1. The van der Waals surface area contributed by atoms with Crippen molar-refractivity contribution >= 4 is 17.7 Å². The van der Waals surface area contributed by atoms with Crippen molar-refractivity contribution in [2.75, 3.05) is 38.3 Å². The van der Waals surface area contributed by atoms with Crippen molar-refractivity contribution in [3.05, 3.63) is 11.7 Å². The van der Waals surface area contributed by atoms with E-state index >= 15 is 0 Å². The lowest BCUT2D eigenvalue weighted by atomic mass is 9.94. The highest BCUT2D eigenvalue weighted by Gasteiger charge is 2.39. The van der Waals surface area contributed by atoms with E-state index in [0.717, 1.165) is 25.4 Å². The van der Waals surface area contributed by atoms with Crippen molar-refractivity contribution in [1.82, 2.24) is 25.3 Å². The highest BCUT2D eigenvalue weighted by Crippen LogP contribution is 2.36. The summed E-state index contributed by atoms with van der Waals surface area (Å²) >= 11 is 1.73. The predicted octanol–water partition coefficient (Wildman–Crippen LogP) is 1.27. The Bertz CT molecular complexity index is 570. The van der Waals surface area contributed by atoms with Crippen LogP contribution in [-0.2, 0) is 4.79 Å². The van der Waals surface area contributed by atoms with Gasteiger partial charge in [-0.15, -0.1) is 11.8 Å². The van der Waals surface area contributed by atoms with Gasteiger partial charge in [0, 0.05) is 30.8 Å². The molecule has 2 aliphatic rings. The maximum Gasteiger partial charge on any atom is 0.250 e. The number of aromatic nitrogens is 2. The van der Waals surface area contributed by atoms with Crippen LogP contribution in [0.4, 0.5) is 0 Å². The van der Waals surface area contributed by atoms with Crippen LogP contribution in [0.25, 0.3) is 0 Å². The van der Waals surface area contributed by atoms with Crippen LogP contribution in [0.2, 0.25) is 0 Å². The zero-order valence-electron chi connectivity index (χ0n) is 14.2. The number of rotatable bonds is 2. The van der Waals surface area contributed by atoms with Gasteiger partial charge < -0.3 is 14.7 Å². The summed E-state index contributed by atoms with van der Waals surface area (Å²) in [5, 5.41) is 7.53. The summed E-state index contributed by atoms with van der Waals surface area (Å²) in [5.74, 6) is 2.88. The van der Waals surface area contributed by atoms with E-state index in [1.54, 1.807) is 11.8 Å². The number of likely N-dealkylation sites (N-methyl/N-ethyl adjacent to an activating group) is 1. The zero-order valence-corrected chi connectivity index (χ0v) is 15.0. The van der Waals surface area contributed by atoms with Gasteiger partial charge in [0.25, 0.3) is 0 Å². The minimum absolute atomic E-state index is 0.116. The maximum absolute atomic E-state index is 12.6. The van der Waals surface area contributed by atoms with Crippen molar-refractivity contribution in [3.63, 3.8) is 0 Å². The summed E-state index contributed by atoms with van der Waals surface area (Å²) < 4.78 is 5.52. The number of nitrogens with zero attached hydrogens (tertiary/aromatic N) is 4. The molecule has 7 nitrogen and oxygen atoms in total. The Morgan fingerprint density at radius 1 is 1.39 bits per heavy atom. The van der Waals surface area contributed by atoms with Gasteiger partial charge in [0.05, 0.1) is 11.9 Å². The van der Waals surface area contributed by atoms with E-state index in [2.05, 4.69) is 27.4 Å². The second-order valence-electron chi connectivity index (χ2n) is 7.23. The molecule has 1 N–H and O–H groups in total. The molecule has 2 atom stereocenters. The van der Waals surface area contributed by atoms with Crippen LogP contribution in [0.15, 0.2) is 4.52 Å². The largest absolute Gasteiger partial charge is 0.337 e. The Balaban J connectivity index is 1.78. The lowest BCUT2D eigenvalue weighted by Crippen LogP contribution is -2.44. The number of carbonyl (C=O) groups excluding carboxylic acids is 1. The Kier molecular flexibility index (Phi) is 4.66.